The van der Waals surface area contributed by atoms with Crippen LogP contribution in [0.25, 0.3) is 0 Å². The Morgan fingerprint density at radius 2 is 1.64 bits per heavy atom. The number of esters is 1. The molecule has 0 saturated heterocycles. The molecule has 178 valence electrons. The zero-order chi connectivity index (χ0) is 23.6. The van der Waals surface area contributed by atoms with Gasteiger partial charge in [0.2, 0.25) is 0 Å². The van der Waals surface area contributed by atoms with Gasteiger partial charge in [0.05, 0.1) is 6.10 Å². The van der Waals surface area contributed by atoms with Gasteiger partial charge in [-0.25, -0.2) is 9.80 Å². The van der Waals surface area contributed by atoms with Crippen LogP contribution in [-0.2, 0) is 16.1 Å². The lowest BCUT2D eigenvalue weighted by Gasteiger charge is -2.36. The van der Waals surface area contributed by atoms with E-state index < -0.39 is 30.1 Å². The number of amides is 1. The predicted molar refractivity (Wildman–Crippen MR) is 124 cm³/mol. The number of carboxylic acid groups (broad SMARTS) is 1. The summed E-state index contributed by atoms with van der Waals surface area (Å²) in [6.45, 7) is -0.00722. The highest BCUT2D eigenvalue weighted by molar-refractivity contribution is 5.74. The molecule has 8 heteroatoms. The number of nitrogens with zero attached hydrogens (tertiary/aromatic N) is 1. The molecular formula is C25H33N3O5. The minimum absolute atomic E-state index is 0.0431. The molecule has 0 aliphatic heterocycles. The second-order valence-corrected chi connectivity index (χ2v) is 8.48. The second kappa shape index (κ2) is 12.3. The van der Waals surface area contributed by atoms with E-state index in [9.17, 15) is 19.8 Å². The lowest BCUT2D eigenvalue weighted by atomic mass is 9.88. The van der Waals surface area contributed by atoms with Crippen LogP contribution in [0.15, 0.2) is 60.7 Å². The Bertz CT molecular complexity index is 874. The number of benzene rings is 2. The van der Waals surface area contributed by atoms with Crippen molar-refractivity contribution in [3.63, 3.8) is 0 Å². The molecule has 8 nitrogen and oxygen atoms in total. The number of hydrazine groups is 1. The Kier molecular flexibility index (Phi) is 9.24. The lowest BCUT2D eigenvalue weighted by Crippen LogP contribution is -2.54. The fourth-order valence-electron chi connectivity index (χ4n) is 4.37. The van der Waals surface area contributed by atoms with Crippen LogP contribution in [0, 0.1) is 5.92 Å². The van der Waals surface area contributed by atoms with Crippen molar-refractivity contribution in [2.75, 3.05) is 6.54 Å². The summed E-state index contributed by atoms with van der Waals surface area (Å²) in [5.74, 6) is -1.69. The third-order valence-corrected chi connectivity index (χ3v) is 6.12. The first kappa shape index (κ1) is 24.7. The SMILES string of the molecule is NC(c1ccccc1)[C@H](C(=O)OCc1ccccc1)[C@H](O)CN(NC(=O)O)C1CCCCC1. The average molecular weight is 456 g/mol. The average Bonchev–Trinajstić information content (AvgIpc) is 2.84. The molecule has 1 fully saturated rings. The van der Waals surface area contributed by atoms with Crippen LogP contribution in [0.5, 0.6) is 0 Å². The van der Waals surface area contributed by atoms with E-state index in [2.05, 4.69) is 5.43 Å². The molecule has 1 aliphatic rings. The van der Waals surface area contributed by atoms with Gasteiger partial charge in [-0.2, -0.15) is 0 Å². The third-order valence-electron chi connectivity index (χ3n) is 6.12. The molecular weight excluding hydrogens is 422 g/mol. The molecule has 3 rings (SSSR count). The fourth-order valence-corrected chi connectivity index (χ4v) is 4.37. The van der Waals surface area contributed by atoms with Crippen molar-refractivity contribution < 1.29 is 24.5 Å². The zero-order valence-electron chi connectivity index (χ0n) is 18.7. The third kappa shape index (κ3) is 7.28. The second-order valence-electron chi connectivity index (χ2n) is 8.48. The number of ether oxygens (including phenoxy) is 1. The molecule has 1 aliphatic carbocycles. The van der Waals surface area contributed by atoms with Crippen molar-refractivity contribution in [1.82, 2.24) is 10.4 Å². The van der Waals surface area contributed by atoms with Gasteiger partial charge in [-0.05, 0) is 24.0 Å². The van der Waals surface area contributed by atoms with Gasteiger partial charge in [0, 0.05) is 18.6 Å². The smallest absolute Gasteiger partial charge is 0.419 e. The molecule has 5 N–H and O–H groups in total. The lowest BCUT2D eigenvalue weighted by molar-refractivity contribution is -0.156. The monoisotopic (exact) mass is 455 g/mol. The molecule has 1 amide bonds. The van der Waals surface area contributed by atoms with Crippen LogP contribution >= 0.6 is 0 Å². The summed E-state index contributed by atoms with van der Waals surface area (Å²) in [5.41, 5.74) is 10.4. The summed E-state index contributed by atoms with van der Waals surface area (Å²) in [7, 11) is 0. The van der Waals surface area contributed by atoms with Crippen LogP contribution in [0.3, 0.4) is 0 Å². The standard InChI is InChI=1S/C25H33N3O5/c26-23(19-12-6-2-7-13-19)22(24(30)33-17-18-10-4-1-5-11-18)21(29)16-28(27-25(31)32)20-14-8-3-9-15-20/h1-2,4-7,10-13,20-23,27,29H,3,8-9,14-17,26H2,(H,31,32)/t21-,22-,23?/m1/s1. The van der Waals surface area contributed by atoms with E-state index in [1.807, 2.05) is 48.5 Å². The maximum absolute atomic E-state index is 13.1. The van der Waals surface area contributed by atoms with Gasteiger partial charge in [-0.3, -0.25) is 10.2 Å². The largest absolute Gasteiger partial charge is 0.464 e. The summed E-state index contributed by atoms with van der Waals surface area (Å²) in [4.78, 5) is 24.5. The zero-order valence-corrected chi connectivity index (χ0v) is 18.7. The quantitative estimate of drug-likeness (QED) is 0.320. The highest BCUT2D eigenvalue weighted by Gasteiger charge is 2.37. The number of rotatable bonds is 10. The first-order chi connectivity index (χ1) is 16.0. The van der Waals surface area contributed by atoms with Crippen LogP contribution in [0.4, 0.5) is 4.79 Å². The minimum atomic E-state index is -1.24. The van der Waals surface area contributed by atoms with Gasteiger partial charge < -0.3 is 20.7 Å². The Morgan fingerprint density at radius 3 is 2.24 bits per heavy atom. The number of nitrogens with one attached hydrogen (secondary N) is 1. The van der Waals surface area contributed by atoms with Gasteiger partial charge in [0.25, 0.3) is 0 Å². The van der Waals surface area contributed by atoms with Crippen molar-refractivity contribution in [3.05, 3.63) is 71.8 Å². The van der Waals surface area contributed by atoms with Gasteiger partial charge in [0.15, 0.2) is 0 Å². The van der Waals surface area contributed by atoms with E-state index in [0.717, 1.165) is 37.7 Å². The maximum Gasteiger partial charge on any atom is 0.419 e. The molecule has 0 heterocycles. The molecule has 1 unspecified atom stereocenters. The van der Waals surface area contributed by atoms with E-state index in [1.165, 1.54) is 5.01 Å². The minimum Gasteiger partial charge on any atom is -0.464 e. The maximum atomic E-state index is 13.1. The van der Waals surface area contributed by atoms with Crippen LogP contribution in [0.1, 0.15) is 49.3 Å². The Balaban J connectivity index is 1.78. The molecule has 33 heavy (non-hydrogen) atoms. The van der Waals surface area contributed by atoms with Crippen molar-refractivity contribution in [1.29, 1.82) is 0 Å². The van der Waals surface area contributed by atoms with Gasteiger partial charge in [-0.15, -0.1) is 0 Å². The number of hydrogen-bond donors (Lipinski definition) is 4. The van der Waals surface area contributed by atoms with Crippen LogP contribution in [0.2, 0.25) is 0 Å². The molecule has 0 radical (unpaired) electrons. The van der Waals surface area contributed by atoms with Crippen molar-refractivity contribution in [2.24, 2.45) is 11.7 Å². The molecule has 2 aromatic rings. The van der Waals surface area contributed by atoms with E-state index in [0.29, 0.717) is 5.56 Å². The number of hydrogen-bond acceptors (Lipinski definition) is 6. The van der Waals surface area contributed by atoms with Gasteiger partial charge >= 0.3 is 12.1 Å². The first-order valence-corrected chi connectivity index (χ1v) is 11.4. The summed E-state index contributed by atoms with van der Waals surface area (Å²) >= 11 is 0. The first-order valence-electron chi connectivity index (χ1n) is 11.4. The molecule has 0 aromatic heterocycles. The van der Waals surface area contributed by atoms with Crippen LogP contribution in [-0.4, -0.2) is 46.0 Å². The van der Waals surface area contributed by atoms with E-state index in [4.69, 9.17) is 10.5 Å². The summed E-state index contributed by atoms with van der Waals surface area (Å²) in [6, 6.07) is 17.5. The fraction of sp³-hybridized carbons (Fsp3) is 0.440. The highest BCUT2D eigenvalue weighted by Crippen LogP contribution is 2.27. The Hall–Kier alpha value is -2.94. The van der Waals surface area contributed by atoms with Crippen molar-refractivity contribution in [3.8, 4) is 0 Å². The Labute approximate surface area is 194 Å². The predicted octanol–water partition coefficient (Wildman–Crippen LogP) is 3.22. The van der Waals surface area contributed by atoms with Crippen molar-refractivity contribution in [2.45, 2.75) is 56.9 Å². The summed E-state index contributed by atoms with van der Waals surface area (Å²) < 4.78 is 5.53. The number of carbonyl (C=O) groups excluding carboxylic acids is 1. The topological polar surface area (TPSA) is 125 Å². The number of carbonyl (C=O) groups is 2. The van der Waals surface area contributed by atoms with E-state index in [-0.39, 0.29) is 19.2 Å². The summed E-state index contributed by atoms with van der Waals surface area (Å²) in [6.07, 6.45) is 2.28. The Morgan fingerprint density at radius 1 is 1.03 bits per heavy atom. The van der Waals surface area contributed by atoms with Crippen LogP contribution < -0.4 is 11.2 Å². The number of aliphatic hydroxyl groups excluding tert-OH is 1. The van der Waals surface area contributed by atoms with Gasteiger partial charge in [0.1, 0.15) is 12.5 Å². The van der Waals surface area contributed by atoms with E-state index >= 15 is 0 Å². The van der Waals surface area contributed by atoms with Crippen molar-refractivity contribution >= 4 is 12.1 Å². The number of nitrogens with two attached hydrogens (primary N) is 1. The highest BCUT2D eigenvalue weighted by atomic mass is 16.5. The molecule has 2 aromatic carbocycles. The number of aliphatic hydroxyl groups is 1. The molecule has 0 bridgehead atoms. The molecule has 0 spiro atoms. The molecule has 3 atom stereocenters. The molecule has 1 saturated carbocycles. The summed E-state index contributed by atoms with van der Waals surface area (Å²) in [5, 5.41) is 22.0. The van der Waals surface area contributed by atoms with E-state index in [1.54, 1.807) is 12.1 Å². The normalized spacial score (nSPS) is 17.2. The van der Waals surface area contributed by atoms with Gasteiger partial charge in [-0.1, -0.05) is 79.9 Å².